The minimum absolute atomic E-state index is 0.0578. The van der Waals surface area contributed by atoms with Gasteiger partial charge in [0.1, 0.15) is 35.5 Å². The Kier molecular flexibility index (Phi) is 24.2. The molecule has 4 N–H and O–H groups in total. The third-order valence-electron chi connectivity index (χ3n) is 13.6. The van der Waals surface area contributed by atoms with Crippen molar-refractivity contribution in [2.24, 2.45) is 0 Å². The van der Waals surface area contributed by atoms with Crippen molar-refractivity contribution in [1.29, 1.82) is 0 Å². The average molecular weight is 1200 g/mol. The van der Waals surface area contributed by atoms with Crippen molar-refractivity contribution in [2.75, 3.05) is 26.2 Å². The number of hydrogen-bond acceptors (Lipinski definition) is 8. The SMILES string of the molecule is CCCN(CCC)C(=O)c1cc(C)cc(C(=O)N[C@@H](Cc2cc(F)cc(F)c2)C(O)c2ccc(Br)cn2)c1.CCCN(CCC)C(=O)c1cc(C)cc(C(=O)N[C@@H](Cc2cc(F)cc(F)c2)C(O)c2ccc(Cc3cccc(C)c3)cn2)c1. The van der Waals surface area contributed by atoms with Gasteiger partial charge in [0.25, 0.3) is 23.6 Å². The second-order valence-corrected chi connectivity index (χ2v) is 21.8. The molecule has 0 aliphatic heterocycles. The smallest absolute Gasteiger partial charge is 0.253 e. The van der Waals surface area contributed by atoms with E-state index in [1.807, 2.05) is 65.8 Å². The molecular formula is C66H73BrF4N6O6. The van der Waals surface area contributed by atoms with Crippen LogP contribution in [0.2, 0.25) is 0 Å². The van der Waals surface area contributed by atoms with E-state index in [4.69, 9.17) is 0 Å². The van der Waals surface area contributed by atoms with Crippen molar-refractivity contribution >= 4 is 39.6 Å². The molecule has 0 aliphatic rings. The molecule has 0 saturated heterocycles. The quantitative estimate of drug-likeness (QED) is 0.0434. The Morgan fingerprint density at radius 2 is 0.892 bits per heavy atom. The molecule has 0 saturated carbocycles. The maximum atomic E-state index is 14.1. The van der Waals surface area contributed by atoms with Gasteiger partial charge in [0.2, 0.25) is 0 Å². The highest BCUT2D eigenvalue weighted by Gasteiger charge is 2.29. The standard InChI is InChI=1S/C37H41F2N3O3.C29H32BrF2N3O3/c1-5-12-42(13-6-2)37(45)30-16-25(4)15-29(21-30)36(44)41-34(20-28-18-31(38)22-32(39)19-28)35(43)33-11-10-27(23-40-33)17-26-9-7-8-24(3)14-26;1-4-8-35(9-5-2)29(38)21-11-18(3)10-20(15-21)28(37)34-26(14-19-12-23(31)16-24(32)13-19)27(36)25-7-6-22(30)17-33-25/h7-11,14-16,18-19,21-23,34-35,43H,5-6,12-13,17,20H2,1-4H3,(H,41,44);6-7,10-13,15-17,26-27,36H,4-5,8-9,14H2,1-3H3,(H,34,37)/t34-,35?;26-,27?/m00/s1. The molecule has 0 aliphatic carbocycles. The number of benzene rings is 5. The number of pyridine rings is 2. The van der Waals surface area contributed by atoms with E-state index in [0.717, 1.165) is 77.8 Å². The highest BCUT2D eigenvalue weighted by atomic mass is 79.9. The Morgan fingerprint density at radius 3 is 1.27 bits per heavy atom. The molecule has 0 spiro atoms. The summed E-state index contributed by atoms with van der Waals surface area (Å²) in [4.78, 5) is 65.7. The van der Waals surface area contributed by atoms with E-state index in [1.54, 1.807) is 71.5 Å². The van der Waals surface area contributed by atoms with Gasteiger partial charge < -0.3 is 30.6 Å². The van der Waals surface area contributed by atoms with Crippen LogP contribution in [0.1, 0.15) is 157 Å². The van der Waals surface area contributed by atoms with Crippen LogP contribution in [0.5, 0.6) is 0 Å². The molecule has 4 atom stereocenters. The minimum Gasteiger partial charge on any atom is -0.385 e. The molecule has 17 heteroatoms. The van der Waals surface area contributed by atoms with E-state index in [0.29, 0.717) is 53.9 Å². The van der Waals surface area contributed by atoms with Crippen molar-refractivity contribution in [3.63, 3.8) is 0 Å². The zero-order valence-electron chi connectivity index (χ0n) is 48.0. The van der Waals surface area contributed by atoms with Crippen LogP contribution < -0.4 is 10.6 Å². The number of aliphatic hydroxyl groups excluding tert-OH is 2. The fourth-order valence-electron chi connectivity index (χ4n) is 9.85. The van der Waals surface area contributed by atoms with Crippen LogP contribution in [0.15, 0.2) is 138 Å². The van der Waals surface area contributed by atoms with Gasteiger partial charge in [-0.3, -0.25) is 29.1 Å². The van der Waals surface area contributed by atoms with Crippen molar-refractivity contribution in [3.05, 3.63) is 234 Å². The van der Waals surface area contributed by atoms with E-state index in [2.05, 4.69) is 42.6 Å². The molecule has 2 unspecified atom stereocenters. The molecule has 0 fully saturated rings. The molecule has 0 radical (unpaired) electrons. The summed E-state index contributed by atoms with van der Waals surface area (Å²) in [7, 11) is 0. The molecule has 4 amide bonds. The van der Waals surface area contributed by atoms with Crippen LogP contribution in [0.3, 0.4) is 0 Å². The number of hydrogen-bond donors (Lipinski definition) is 4. The lowest BCUT2D eigenvalue weighted by Crippen LogP contribution is -2.41. The van der Waals surface area contributed by atoms with E-state index in [1.165, 1.54) is 24.4 Å². The normalized spacial score (nSPS) is 12.5. The summed E-state index contributed by atoms with van der Waals surface area (Å²) in [5.74, 6) is -4.39. The minimum atomic E-state index is -1.29. The Labute approximate surface area is 492 Å². The van der Waals surface area contributed by atoms with Gasteiger partial charge in [0, 0.05) is 77.4 Å². The topological polar surface area (TPSA) is 165 Å². The number of amides is 4. The van der Waals surface area contributed by atoms with Gasteiger partial charge in [-0.05, 0) is 194 Å². The third-order valence-corrected chi connectivity index (χ3v) is 14.0. The molecule has 7 aromatic rings. The van der Waals surface area contributed by atoms with Crippen molar-refractivity contribution in [3.8, 4) is 0 Å². The van der Waals surface area contributed by atoms with Crippen LogP contribution in [-0.4, -0.2) is 91.9 Å². The van der Waals surface area contributed by atoms with Crippen LogP contribution in [0, 0.1) is 44.0 Å². The van der Waals surface area contributed by atoms with Crippen molar-refractivity contribution in [1.82, 2.24) is 30.4 Å². The molecular weight excluding hydrogens is 1130 g/mol. The molecule has 7 rings (SSSR count). The number of carbonyl (C=O) groups is 4. The number of nitrogens with one attached hydrogen (secondary N) is 2. The summed E-state index contributed by atoms with van der Waals surface area (Å²) in [5.41, 5.74) is 7.10. The van der Waals surface area contributed by atoms with Crippen molar-refractivity contribution < 1.29 is 47.0 Å². The predicted octanol–water partition coefficient (Wildman–Crippen LogP) is 12.7. The highest BCUT2D eigenvalue weighted by Crippen LogP contribution is 2.25. The Hall–Kier alpha value is -7.60. The van der Waals surface area contributed by atoms with Gasteiger partial charge in [-0.15, -0.1) is 0 Å². The van der Waals surface area contributed by atoms with Gasteiger partial charge >= 0.3 is 0 Å². The first-order valence-electron chi connectivity index (χ1n) is 28.0. The molecule has 12 nitrogen and oxygen atoms in total. The fourth-order valence-corrected chi connectivity index (χ4v) is 10.1. The first kappa shape index (κ1) is 64.6. The Morgan fingerprint density at radius 1 is 0.482 bits per heavy atom. The summed E-state index contributed by atoms with van der Waals surface area (Å²) in [6, 6.07) is 29.2. The predicted molar refractivity (Wildman–Crippen MR) is 318 cm³/mol. The van der Waals surface area contributed by atoms with E-state index in [9.17, 15) is 47.0 Å². The lowest BCUT2D eigenvalue weighted by atomic mass is 9.97. The average Bonchev–Trinajstić information content (AvgIpc) is 3.65. The van der Waals surface area contributed by atoms with Gasteiger partial charge in [-0.25, -0.2) is 17.6 Å². The lowest BCUT2D eigenvalue weighted by Gasteiger charge is -2.25. The van der Waals surface area contributed by atoms with Gasteiger partial charge in [-0.1, -0.05) is 63.6 Å². The number of rotatable bonds is 24. The van der Waals surface area contributed by atoms with E-state index in [-0.39, 0.29) is 52.6 Å². The molecule has 2 heterocycles. The summed E-state index contributed by atoms with van der Waals surface area (Å²) < 4.78 is 56.6. The number of halogens is 5. The Balaban J connectivity index is 0.000000271. The second-order valence-electron chi connectivity index (χ2n) is 20.9. The maximum Gasteiger partial charge on any atom is 0.253 e. The Bertz CT molecular complexity index is 3280. The van der Waals surface area contributed by atoms with Crippen LogP contribution in [0.4, 0.5) is 17.6 Å². The largest absolute Gasteiger partial charge is 0.385 e. The number of aryl methyl sites for hydroxylation is 3. The summed E-state index contributed by atoms with van der Waals surface area (Å²) in [6.45, 7) is 16.1. The molecule has 2 aromatic heterocycles. The zero-order valence-corrected chi connectivity index (χ0v) is 49.6. The van der Waals surface area contributed by atoms with E-state index < -0.39 is 59.4 Å². The fraction of sp³-hybridized carbons (Fsp3) is 0.333. The van der Waals surface area contributed by atoms with Gasteiger partial charge in [0.15, 0.2) is 0 Å². The lowest BCUT2D eigenvalue weighted by molar-refractivity contribution is 0.0747. The van der Waals surface area contributed by atoms with E-state index >= 15 is 0 Å². The second kappa shape index (κ2) is 31.2. The molecule has 83 heavy (non-hydrogen) atoms. The number of aliphatic hydroxyl groups is 2. The monoisotopic (exact) mass is 1200 g/mol. The molecule has 438 valence electrons. The van der Waals surface area contributed by atoms with Crippen LogP contribution in [0.25, 0.3) is 0 Å². The summed E-state index contributed by atoms with van der Waals surface area (Å²) >= 11 is 3.30. The zero-order chi connectivity index (χ0) is 60.3. The number of nitrogens with zero attached hydrogens (tertiary/aromatic N) is 4. The number of aromatic nitrogens is 2. The van der Waals surface area contributed by atoms with Gasteiger partial charge in [-0.2, -0.15) is 0 Å². The van der Waals surface area contributed by atoms with Crippen LogP contribution >= 0.6 is 15.9 Å². The summed E-state index contributed by atoms with van der Waals surface area (Å²) in [5, 5.41) is 28.2. The van der Waals surface area contributed by atoms with Gasteiger partial charge in [0.05, 0.1) is 23.5 Å². The first-order valence-corrected chi connectivity index (χ1v) is 28.8. The third kappa shape index (κ3) is 19.2. The molecule has 5 aromatic carbocycles. The molecule has 0 bridgehead atoms. The van der Waals surface area contributed by atoms with Crippen molar-refractivity contribution in [2.45, 2.75) is 118 Å². The number of carbonyl (C=O) groups excluding carboxylic acids is 4. The highest BCUT2D eigenvalue weighted by molar-refractivity contribution is 9.10. The van der Waals surface area contributed by atoms with Crippen LogP contribution in [-0.2, 0) is 19.3 Å². The maximum absolute atomic E-state index is 14.1. The first-order chi connectivity index (χ1) is 39.7. The summed E-state index contributed by atoms with van der Waals surface area (Å²) in [6.07, 6.45) is 4.43.